The first-order valence-corrected chi connectivity index (χ1v) is 9.22. The molecule has 2 fully saturated rings. The van der Waals surface area contributed by atoms with Crippen molar-refractivity contribution in [2.75, 3.05) is 13.1 Å². The van der Waals surface area contributed by atoms with Crippen LogP contribution in [-0.4, -0.2) is 54.7 Å². The number of H-pyrrole nitrogens is 2. The summed E-state index contributed by atoms with van der Waals surface area (Å²) < 4.78 is 2.18. The number of hydrogen-bond donors (Lipinski definition) is 3. The number of aromatic nitrogens is 5. The lowest BCUT2D eigenvalue weighted by molar-refractivity contribution is -0.120. The number of amides is 1. The summed E-state index contributed by atoms with van der Waals surface area (Å²) in [6, 6.07) is 0.254. The van der Waals surface area contributed by atoms with Crippen molar-refractivity contribution in [3.05, 3.63) is 34.5 Å². The normalized spacial score (nSPS) is 21.8. The topological polar surface area (TPSA) is 112 Å². The first-order chi connectivity index (χ1) is 12.6. The molecule has 1 amide bonds. The number of aryl methyl sites for hydroxylation is 1. The van der Waals surface area contributed by atoms with Crippen LogP contribution in [0.25, 0.3) is 0 Å². The second-order valence-electron chi connectivity index (χ2n) is 7.43. The smallest absolute Gasteiger partial charge is 0.340 e. The van der Waals surface area contributed by atoms with Gasteiger partial charge in [0.25, 0.3) is 0 Å². The first-order valence-electron chi connectivity index (χ1n) is 9.22. The van der Waals surface area contributed by atoms with Gasteiger partial charge in [-0.15, -0.1) is 0 Å². The summed E-state index contributed by atoms with van der Waals surface area (Å²) in [6.45, 7) is 6.12. The number of rotatable bonds is 6. The van der Waals surface area contributed by atoms with E-state index in [0.29, 0.717) is 5.82 Å². The Morgan fingerprint density at radius 3 is 2.92 bits per heavy atom. The number of piperidine rings is 1. The van der Waals surface area contributed by atoms with E-state index >= 15 is 0 Å². The Kier molecular flexibility index (Phi) is 4.39. The van der Waals surface area contributed by atoms with E-state index in [2.05, 4.69) is 41.9 Å². The molecule has 1 aliphatic heterocycles. The van der Waals surface area contributed by atoms with Crippen LogP contribution in [0.3, 0.4) is 0 Å². The third-order valence-electron chi connectivity index (χ3n) is 5.78. The van der Waals surface area contributed by atoms with E-state index in [9.17, 15) is 9.59 Å². The van der Waals surface area contributed by atoms with E-state index in [-0.39, 0.29) is 29.5 Å². The van der Waals surface area contributed by atoms with E-state index in [4.69, 9.17) is 0 Å². The van der Waals surface area contributed by atoms with Crippen LogP contribution in [0.1, 0.15) is 37.7 Å². The van der Waals surface area contributed by atoms with Gasteiger partial charge >= 0.3 is 5.69 Å². The second kappa shape index (κ2) is 6.71. The zero-order valence-corrected chi connectivity index (χ0v) is 15.0. The molecule has 2 aliphatic rings. The summed E-state index contributed by atoms with van der Waals surface area (Å²) in [5, 5.41) is 9.16. The van der Waals surface area contributed by atoms with Crippen molar-refractivity contribution in [3.8, 4) is 0 Å². The predicted molar refractivity (Wildman–Crippen MR) is 94.3 cm³/mol. The number of likely N-dealkylation sites (tertiary alicyclic amines) is 1. The van der Waals surface area contributed by atoms with Gasteiger partial charge < -0.3 is 9.88 Å². The van der Waals surface area contributed by atoms with E-state index in [1.807, 2.05) is 12.5 Å². The standard InChI is InChI=1S/C17H25N7O2/c1-2-24-11-18-9-12(24)10-23-5-3-17(4-6-23)8-13(17)19-15(25)7-14-20-16(26)22-21-14/h9,11,13H,2-8,10H2,1H3,(H,19,25)(H2,20,21,22,26). The zero-order chi connectivity index (χ0) is 18.1. The highest BCUT2D eigenvalue weighted by Gasteiger charge is 2.55. The van der Waals surface area contributed by atoms with Crippen LogP contribution < -0.4 is 11.0 Å². The lowest BCUT2D eigenvalue weighted by Gasteiger charge is -2.32. The number of carbonyl (C=O) groups is 1. The molecule has 0 bridgehead atoms. The molecule has 1 saturated carbocycles. The summed E-state index contributed by atoms with van der Waals surface area (Å²) in [5.74, 6) is 0.299. The van der Waals surface area contributed by atoms with Crippen LogP contribution in [0.4, 0.5) is 0 Å². The Labute approximate surface area is 151 Å². The van der Waals surface area contributed by atoms with Crippen molar-refractivity contribution in [2.45, 2.75) is 51.7 Å². The summed E-state index contributed by atoms with van der Waals surface area (Å²) in [7, 11) is 0. The molecule has 2 aromatic heterocycles. The molecule has 3 N–H and O–H groups in total. The Bertz CT molecular complexity index is 828. The minimum Gasteiger partial charge on any atom is -0.352 e. The number of nitrogens with zero attached hydrogens (tertiary/aromatic N) is 4. The molecule has 1 unspecified atom stereocenters. The van der Waals surface area contributed by atoms with E-state index < -0.39 is 0 Å². The molecule has 0 aromatic carbocycles. The van der Waals surface area contributed by atoms with Gasteiger partial charge in [0.05, 0.1) is 18.4 Å². The first kappa shape index (κ1) is 17.0. The third-order valence-corrected chi connectivity index (χ3v) is 5.78. The summed E-state index contributed by atoms with van der Waals surface area (Å²) in [6.07, 6.45) is 7.22. The zero-order valence-electron chi connectivity index (χ0n) is 15.0. The maximum atomic E-state index is 12.1. The van der Waals surface area contributed by atoms with Crippen LogP contribution in [-0.2, 0) is 24.3 Å². The van der Waals surface area contributed by atoms with E-state index in [0.717, 1.165) is 45.4 Å². The van der Waals surface area contributed by atoms with Crippen molar-refractivity contribution in [3.63, 3.8) is 0 Å². The quantitative estimate of drug-likeness (QED) is 0.674. The van der Waals surface area contributed by atoms with Crippen molar-refractivity contribution >= 4 is 5.91 Å². The molecular weight excluding hydrogens is 334 g/mol. The molecule has 26 heavy (non-hydrogen) atoms. The van der Waals surface area contributed by atoms with Gasteiger partial charge in [-0.05, 0) is 44.7 Å². The van der Waals surface area contributed by atoms with E-state index in [1.54, 1.807) is 0 Å². The maximum Gasteiger partial charge on any atom is 0.340 e. The highest BCUT2D eigenvalue weighted by atomic mass is 16.2. The number of hydrogen-bond acceptors (Lipinski definition) is 5. The maximum absolute atomic E-state index is 12.1. The fourth-order valence-corrected chi connectivity index (χ4v) is 4.04. The summed E-state index contributed by atoms with van der Waals surface area (Å²) >= 11 is 0. The Balaban J connectivity index is 1.25. The van der Waals surface area contributed by atoms with Crippen LogP contribution in [0.15, 0.2) is 17.3 Å². The molecule has 9 nitrogen and oxygen atoms in total. The SMILES string of the molecule is CCn1cncc1CN1CCC2(CC1)CC2NC(=O)Cc1n[nH]c(=O)[nH]1. The lowest BCUT2D eigenvalue weighted by Crippen LogP contribution is -2.39. The highest BCUT2D eigenvalue weighted by Crippen LogP contribution is 2.53. The van der Waals surface area contributed by atoms with Crippen molar-refractivity contribution in [2.24, 2.45) is 5.41 Å². The fourth-order valence-electron chi connectivity index (χ4n) is 4.04. The van der Waals surface area contributed by atoms with Gasteiger partial charge in [-0.3, -0.25) is 14.7 Å². The molecular formula is C17H25N7O2. The van der Waals surface area contributed by atoms with Gasteiger partial charge in [0, 0.05) is 25.3 Å². The van der Waals surface area contributed by atoms with E-state index in [1.165, 1.54) is 5.69 Å². The predicted octanol–water partition coefficient (Wildman–Crippen LogP) is 0.0278. The monoisotopic (exact) mass is 359 g/mol. The minimum atomic E-state index is -0.382. The largest absolute Gasteiger partial charge is 0.352 e. The van der Waals surface area contributed by atoms with Crippen LogP contribution in [0.2, 0.25) is 0 Å². The number of aromatic amines is 2. The van der Waals surface area contributed by atoms with Gasteiger partial charge in [0.2, 0.25) is 5.91 Å². The fraction of sp³-hybridized carbons (Fsp3) is 0.647. The molecule has 4 rings (SSSR count). The van der Waals surface area contributed by atoms with Crippen LogP contribution in [0.5, 0.6) is 0 Å². The molecule has 1 saturated heterocycles. The second-order valence-corrected chi connectivity index (χ2v) is 7.43. The van der Waals surface area contributed by atoms with Gasteiger partial charge in [-0.1, -0.05) is 0 Å². The molecule has 140 valence electrons. The number of imidazole rings is 1. The van der Waals surface area contributed by atoms with Gasteiger partial charge in [-0.2, -0.15) is 5.10 Å². The molecule has 3 heterocycles. The molecule has 1 aliphatic carbocycles. The minimum absolute atomic E-state index is 0.0797. The molecule has 2 aromatic rings. The third kappa shape index (κ3) is 3.44. The molecule has 9 heteroatoms. The van der Waals surface area contributed by atoms with Gasteiger partial charge in [0.1, 0.15) is 5.82 Å². The Morgan fingerprint density at radius 2 is 2.23 bits per heavy atom. The summed E-state index contributed by atoms with van der Waals surface area (Å²) in [4.78, 5) is 32.4. The average molecular weight is 359 g/mol. The van der Waals surface area contributed by atoms with Crippen LogP contribution in [0, 0.1) is 5.41 Å². The molecule has 1 spiro atoms. The molecule has 1 atom stereocenters. The van der Waals surface area contributed by atoms with Crippen molar-refractivity contribution in [1.82, 2.24) is 34.9 Å². The Hall–Kier alpha value is -2.42. The molecule has 0 radical (unpaired) electrons. The van der Waals surface area contributed by atoms with Crippen LogP contribution >= 0.6 is 0 Å². The average Bonchev–Trinajstić information content (AvgIpc) is 2.96. The van der Waals surface area contributed by atoms with Crippen molar-refractivity contribution < 1.29 is 4.79 Å². The van der Waals surface area contributed by atoms with Gasteiger partial charge in [0.15, 0.2) is 0 Å². The Morgan fingerprint density at radius 1 is 1.42 bits per heavy atom. The number of carbonyl (C=O) groups excluding carboxylic acids is 1. The lowest BCUT2D eigenvalue weighted by atomic mass is 9.92. The van der Waals surface area contributed by atoms with Crippen molar-refractivity contribution in [1.29, 1.82) is 0 Å². The summed E-state index contributed by atoms with van der Waals surface area (Å²) in [5.41, 5.74) is 1.14. The number of nitrogens with one attached hydrogen (secondary N) is 3. The highest BCUT2D eigenvalue weighted by molar-refractivity contribution is 5.78. The van der Waals surface area contributed by atoms with Gasteiger partial charge in [-0.25, -0.2) is 14.9 Å².